The minimum absolute atomic E-state index is 0.652. The van der Waals surface area contributed by atoms with Crippen LogP contribution in [0.25, 0.3) is 10.4 Å². The van der Waals surface area contributed by atoms with Crippen LogP contribution in [0, 0.1) is 0 Å². The van der Waals surface area contributed by atoms with E-state index in [1.807, 2.05) is 18.2 Å². The van der Waals surface area contributed by atoms with Gasteiger partial charge in [-0.3, -0.25) is 0 Å². The van der Waals surface area contributed by atoms with Crippen LogP contribution >= 0.6 is 15.9 Å². The normalized spacial score (nSPS) is 15.7. The largest absolute Gasteiger partial charge is 0.378 e. The van der Waals surface area contributed by atoms with E-state index in [1.54, 1.807) is 0 Å². The Kier molecular flexibility index (Phi) is 3.66. The van der Waals surface area contributed by atoms with Gasteiger partial charge in [-0.25, -0.2) is 0 Å². The van der Waals surface area contributed by atoms with Gasteiger partial charge < -0.3 is 9.64 Å². The smallest absolute Gasteiger partial charge is 0.0642 e. The summed E-state index contributed by atoms with van der Waals surface area (Å²) in [6.45, 7) is 3.09. The second-order valence-corrected chi connectivity index (χ2v) is 4.34. The van der Waals surface area contributed by atoms with Crippen molar-refractivity contribution in [3.63, 3.8) is 0 Å². The highest BCUT2D eigenvalue weighted by molar-refractivity contribution is 9.10. The minimum Gasteiger partial charge on any atom is -0.378 e. The Morgan fingerprint density at radius 1 is 1.38 bits per heavy atom. The molecule has 0 N–H and O–H groups in total. The average molecular weight is 283 g/mol. The summed E-state index contributed by atoms with van der Waals surface area (Å²) in [5.74, 6) is 0. The molecule has 1 aliphatic heterocycles. The summed E-state index contributed by atoms with van der Waals surface area (Å²) in [6.07, 6.45) is 0. The third kappa shape index (κ3) is 2.47. The minimum atomic E-state index is 0.652. The van der Waals surface area contributed by atoms with Crippen molar-refractivity contribution < 1.29 is 4.74 Å². The van der Waals surface area contributed by atoms with Crippen LogP contribution in [0.5, 0.6) is 0 Å². The second kappa shape index (κ2) is 5.21. The zero-order chi connectivity index (χ0) is 11.4. The highest BCUT2D eigenvalue weighted by atomic mass is 79.9. The quantitative estimate of drug-likeness (QED) is 0.475. The van der Waals surface area contributed by atoms with E-state index in [2.05, 4.69) is 30.9 Å². The Bertz CT molecular complexity index is 425. The standard InChI is InChI=1S/C10H11BrN4O/c11-8-1-2-10(9(7-8)13-14-12)15-3-5-16-6-4-15/h1-2,7H,3-6H2. The molecular weight excluding hydrogens is 272 g/mol. The van der Waals surface area contributed by atoms with Crippen molar-refractivity contribution in [1.82, 2.24) is 0 Å². The molecule has 0 aliphatic carbocycles. The number of rotatable bonds is 2. The van der Waals surface area contributed by atoms with E-state index in [-0.39, 0.29) is 0 Å². The molecule has 1 saturated heterocycles. The fourth-order valence-electron chi connectivity index (χ4n) is 1.70. The highest BCUT2D eigenvalue weighted by Gasteiger charge is 2.14. The molecule has 0 amide bonds. The molecule has 0 unspecified atom stereocenters. The summed E-state index contributed by atoms with van der Waals surface area (Å²) in [5, 5.41) is 3.71. The fraction of sp³-hybridized carbons (Fsp3) is 0.400. The lowest BCUT2D eigenvalue weighted by Gasteiger charge is -2.29. The van der Waals surface area contributed by atoms with Crippen molar-refractivity contribution in [3.8, 4) is 0 Å². The first-order valence-corrected chi connectivity index (χ1v) is 5.78. The summed E-state index contributed by atoms with van der Waals surface area (Å²) in [7, 11) is 0. The van der Waals surface area contributed by atoms with Crippen molar-refractivity contribution in [2.75, 3.05) is 31.2 Å². The first-order chi connectivity index (χ1) is 7.81. The molecule has 1 aromatic carbocycles. The van der Waals surface area contributed by atoms with E-state index >= 15 is 0 Å². The van der Waals surface area contributed by atoms with Gasteiger partial charge in [0, 0.05) is 28.2 Å². The van der Waals surface area contributed by atoms with Gasteiger partial charge in [0.05, 0.1) is 18.9 Å². The lowest BCUT2D eigenvalue weighted by atomic mass is 10.2. The predicted molar refractivity (Wildman–Crippen MR) is 66.0 cm³/mol. The van der Waals surface area contributed by atoms with E-state index in [4.69, 9.17) is 10.3 Å². The van der Waals surface area contributed by atoms with Crippen LogP contribution in [-0.4, -0.2) is 26.3 Å². The molecule has 1 heterocycles. The van der Waals surface area contributed by atoms with Gasteiger partial charge >= 0.3 is 0 Å². The Morgan fingerprint density at radius 2 is 2.12 bits per heavy atom. The molecule has 0 atom stereocenters. The summed E-state index contributed by atoms with van der Waals surface area (Å²) in [6, 6.07) is 5.73. The Morgan fingerprint density at radius 3 is 2.81 bits per heavy atom. The monoisotopic (exact) mass is 282 g/mol. The van der Waals surface area contributed by atoms with Crippen LogP contribution in [0.1, 0.15) is 0 Å². The highest BCUT2D eigenvalue weighted by Crippen LogP contribution is 2.32. The van der Waals surface area contributed by atoms with Gasteiger partial charge in [0.15, 0.2) is 0 Å². The molecule has 16 heavy (non-hydrogen) atoms. The van der Waals surface area contributed by atoms with Gasteiger partial charge in [0.1, 0.15) is 0 Å². The number of hydrogen-bond acceptors (Lipinski definition) is 3. The fourth-order valence-corrected chi connectivity index (χ4v) is 2.05. The van der Waals surface area contributed by atoms with Crippen molar-refractivity contribution in [1.29, 1.82) is 0 Å². The maximum Gasteiger partial charge on any atom is 0.0642 e. The van der Waals surface area contributed by atoms with Crippen molar-refractivity contribution in [2.24, 2.45) is 5.11 Å². The molecule has 6 heteroatoms. The Hall–Kier alpha value is -1.23. The number of ether oxygens (including phenoxy) is 1. The van der Waals surface area contributed by atoms with Gasteiger partial charge in [-0.15, -0.1) is 0 Å². The van der Waals surface area contributed by atoms with Gasteiger partial charge in [-0.05, 0) is 23.7 Å². The number of hydrogen-bond donors (Lipinski definition) is 0. The summed E-state index contributed by atoms with van der Waals surface area (Å²) in [4.78, 5) is 5.02. The zero-order valence-corrected chi connectivity index (χ0v) is 10.2. The predicted octanol–water partition coefficient (Wildman–Crippen LogP) is 3.23. The summed E-state index contributed by atoms with van der Waals surface area (Å²) < 4.78 is 6.20. The molecule has 0 radical (unpaired) electrons. The molecule has 1 fully saturated rings. The molecule has 84 valence electrons. The van der Waals surface area contributed by atoms with Crippen LogP contribution in [0.3, 0.4) is 0 Å². The second-order valence-electron chi connectivity index (χ2n) is 3.42. The molecule has 1 aromatic rings. The number of anilines is 1. The number of halogens is 1. The Balaban J connectivity index is 2.34. The number of azide groups is 1. The average Bonchev–Trinajstić information content (AvgIpc) is 2.31. The van der Waals surface area contributed by atoms with E-state index in [0.717, 1.165) is 23.2 Å². The topological polar surface area (TPSA) is 61.2 Å². The first-order valence-electron chi connectivity index (χ1n) is 4.98. The zero-order valence-electron chi connectivity index (χ0n) is 8.64. The van der Waals surface area contributed by atoms with Crippen LogP contribution < -0.4 is 4.90 Å². The van der Waals surface area contributed by atoms with Crippen molar-refractivity contribution in [2.45, 2.75) is 0 Å². The van der Waals surface area contributed by atoms with E-state index in [1.165, 1.54) is 0 Å². The van der Waals surface area contributed by atoms with Gasteiger partial charge in [0.2, 0.25) is 0 Å². The van der Waals surface area contributed by atoms with Crippen molar-refractivity contribution in [3.05, 3.63) is 33.1 Å². The number of morpholine rings is 1. The lowest BCUT2D eigenvalue weighted by molar-refractivity contribution is 0.123. The molecular formula is C10H11BrN4O. The van der Waals surface area contributed by atoms with Gasteiger partial charge in [-0.1, -0.05) is 21.0 Å². The van der Waals surface area contributed by atoms with Gasteiger partial charge in [0.25, 0.3) is 0 Å². The van der Waals surface area contributed by atoms with E-state index in [0.29, 0.717) is 18.9 Å². The van der Waals surface area contributed by atoms with Crippen LogP contribution in [0.2, 0.25) is 0 Å². The maximum atomic E-state index is 8.53. The molecule has 1 aliphatic rings. The third-order valence-corrected chi connectivity index (χ3v) is 2.93. The summed E-state index contributed by atoms with van der Waals surface area (Å²) >= 11 is 3.36. The molecule has 5 nitrogen and oxygen atoms in total. The number of nitrogens with zero attached hydrogens (tertiary/aromatic N) is 4. The third-order valence-electron chi connectivity index (χ3n) is 2.44. The van der Waals surface area contributed by atoms with Crippen LogP contribution in [0.15, 0.2) is 27.8 Å². The molecule has 0 saturated carbocycles. The lowest BCUT2D eigenvalue weighted by Crippen LogP contribution is -2.36. The molecule has 0 bridgehead atoms. The van der Waals surface area contributed by atoms with Crippen molar-refractivity contribution >= 4 is 27.3 Å². The van der Waals surface area contributed by atoms with Gasteiger partial charge in [-0.2, -0.15) is 0 Å². The van der Waals surface area contributed by atoms with E-state index < -0.39 is 0 Å². The summed E-state index contributed by atoms with van der Waals surface area (Å²) in [5.41, 5.74) is 10.1. The van der Waals surface area contributed by atoms with Crippen LogP contribution in [-0.2, 0) is 4.74 Å². The van der Waals surface area contributed by atoms with Crippen LogP contribution in [0.4, 0.5) is 11.4 Å². The van der Waals surface area contributed by atoms with E-state index in [9.17, 15) is 0 Å². The molecule has 0 spiro atoms. The molecule has 0 aromatic heterocycles. The number of benzene rings is 1. The molecule has 2 rings (SSSR count). The Labute approximate surface area is 102 Å². The first kappa shape index (κ1) is 11.3. The SMILES string of the molecule is [N-]=[N+]=Nc1cc(Br)ccc1N1CCOCC1. The maximum absolute atomic E-state index is 8.53.